The zero-order valence-corrected chi connectivity index (χ0v) is 12.0. The van der Waals surface area contributed by atoms with Crippen LogP contribution in [0.1, 0.15) is 74.0 Å². The predicted molar refractivity (Wildman–Crippen MR) is 76.1 cm³/mol. The van der Waals surface area contributed by atoms with E-state index in [4.69, 9.17) is 0 Å². The first-order valence-corrected chi connectivity index (χ1v) is 8.01. The molecule has 0 unspecified atom stereocenters. The molecule has 2 aliphatic rings. The Bertz CT molecular complexity index is 265. The molecule has 0 N–H and O–H groups in total. The van der Waals surface area contributed by atoms with Crippen LogP contribution in [0.5, 0.6) is 0 Å². The van der Waals surface area contributed by atoms with E-state index in [-0.39, 0.29) is 2.85 Å². The highest BCUT2D eigenvalue weighted by Gasteiger charge is 2.32. The summed E-state index contributed by atoms with van der Waals surface area (Å²) < 4.78 is 36.6. The smallest absolute Gasteiger partial charge is 0.171 e. The van der Waals surface area contributed by atoms with E-state index in [0.29, 0.717) is 12.3 Å². The Morgan fingerprint density at radius 2 is 1.32 bits per heavy atom. The lowest BCUT2D eigenvalue weighted by atomic mass is 9.69. The molecule has 0 atom stereocenters. The Labute approximate surface area is 118 Å². The molecule has 0 aromatic carbocycles. The van der Waals surface area contributed by atoms with Crippen molar-refractivity contribution in [2.45, 2.75) is 77.3 Å². The van der Waals surface area contributed by atoms with Crippen LogP contribution in [0.2, 0.25) is 0 Å². The molecule has 0 saturated heterocycles. The van der Waals surface area contributed by atoms with Gasteiger partial charge in [0.15, 0.2) is 0 Å². The van der Waals surface area contributed by atoms with Crippen molar-refractivity contribution in [3.63, 3.8) is 0 Å². The van der Waals surface area contributed by atoms with Gasteiger partial charge < -0.3 is 0 Å². The second-order valence-corrected chi connectivity index (χ2v) is 6.95. The van der Waals surface area contributed by atoms with E-state index < -0.39 is 12.6 Å². The summed E-state index contributed by atoms with van der Waals surface area (Å²) in [5.74, 6) is 2.91. The van der Waals surface area contributed by atoms with Crippen LogP contribution in [-0.2, 0) is 0 Å². The third kappa shape index (κ3) is 5.00. The summed E-state index contributed by atoms with van der Waals surface area (Å²) in [4.78, 5) is 0. The van der Waals surface area contributed by atoms with Crippen molar-refractivity contribution in [1.29, 1.82) is 0 Å². The van der Waals surface area contributed by atoms with Gasteiger partial charge in [-0.25, -0.2) is 0 Å². The number of alkyl halides is 3. The average Bonchev–Trinajstić information content (AvgIpc) is 2.37. The summed E-state index contributed by atoms with van der Waals surface area (Å²) in [5.41, 5.74) is 0. The van der Waals surface area contributed by atoms with E-state index in [1.54, 1.807) is 0 Å². The summed E-state index contributed by atoms with van der Waals surface area (Å²) in [5, 5.41) is 0. The molecule has 19 heavy (non-hydrogen) atoms. The van der Waals surface area contributed by atoms with Crippen LogP contribution in [-0.4, -0.2) is 6.18 Å². The molecule has 0 spiro atoms. The zero-order chi connectivity index (χ0) is 13.9. The Morgan fingerprint density at radius 1 is 0.842 bits per heavy atom. The first-order valence-electron chi connectivity index (χ1n) is 8.01. The van der Waals surface area contributed by atoms with E-state index in [2.05, 4.69) is 6.92 Å². The van der Waals surface area contributed by atoms with Crippen LogP contribution in [0, 0.1) is 23.7 Å². The number of hydrogen-bond acceptors (Lipinski definition) is 0. The molecular weight excluding hydrogens is 249 g/mol. The molecular formula is C16H31F3. The molecule has 2 fully saturated rings. The summed E-state index contributed by atoms with van der Waals surface area (Å²) in [6.45, 7) is 2.34. The lowest BCUT2D eigenvalue weighted by Gasteiger charge is -2.37. The Balaban J connectivity index is 0.00000200. The molecule has 0 amide bonds. The fraction of sp³-hybridized carbons (Fsp3) is 1.00. The van der Waals surface area contributed by atoms with Crippen LogP contribution in [0.25, 0.3) is 0 Å². The van der Waals surface area contributed by atoms with E-state index in [0.717, 1.165) is 30.6 Å². The molecule has 2 saturated carbocycles. The second-order valence-electron chi connectivity index (χ2n) is 6.95. The Morgan fingerprint density at radius 3 is 1.79 bits per heavy atom. The first-order chi connectivity index (χ1) is 8.94. The van der Waals surface area contributed by atoms with E-state index in [9.17, 15) is 13.2 Å². The third-order valence-corrected chi connectivity index (χ3v) is 5.45. The van der Waals surface area contributed by atoms with Gasteiger partial charge in [-0.2, -0.15) is 13.2 Å². The molecule has 0 aromatic rings. The average molecular weight is 280 g/mol. The van der Waals surface area contributed by atoms with E-state index in [1.165, 1.54) is 38.5 Å². The van der Waals surface area contributed by atoms with Crippen molar-refractivity contribution in [2.24, 2.45) is 23.7 Å². The van der Waals surface area contributed by atoms with Gasteiger partial charge in [0, 0.05) is 9.27 Å². The van der Waals surface area contributed by atoms with Crippen molar-refractivity contribution in [1.82, 2.24) is 0 Å². The van der Waals surface area contributed by atoms with Gasteiger partial charge in [0.2, 0.25) is 0 Å². The van der Waals surface area contributed by atoms with Crippen LogP contribution < -0.4 is 0 Å². The standard InChI is InChI=1S/C16H27F3.2H2/c1-12-2-6-14(7-3-12)15-8-4-13(5-9-15)10-11-16(17,18)19;;/h12-15H,2-11H2,1H3;2*1H. The van der Waals surface area contributed by atoms with Gasteiger partial charge in [-0.3, -0.25) is 0 Å². The highest BCUT2D eigenvalue weighted by Crippen LogP contribution is 2.42. The topological polar surface area (TPSA) is 0 Å². The van der Waals surface area contributed by atoms with E-state index >= 15 is 0 Å². The minimum atomic E-state index is -3.96. The van der Waals surface area contributed by atoms with Gasteiger partial charge in [-0.05, 0) is 55.8 Å². The summed E-state index contributed by atoms with van der Waals surface area (Å²) in [6, 6.07) is 0. The summed E-state index contributed by atoms with van der Waals surface area (Å²) in [6.07, 6.45) is 5.69. The maximum absolute atomic E-state index is 12.2. The van der Waals surface area contributed by atoms with Crippen molar-refractivity contribution in [3.05, 3.63) is 0 Å². The molecule has 2 aliphatic carbocycles. The number of hydrogen-bond donors (Lipinski definition) is 0. The summed E-state index contributed by atoms with van der Waals surface area (Å²) >= 11 is 0. The molecule has 0 nitrogen and oxygen atoms in total. The van der Waals surface area contributed by atoms with Crippen LogP contribution in [0.3, 0.4) is 0 Å². The van der Waals surface area contributed by atoms with Gasteiger partial charge in [0.25, 0.3) is 0 Å². The lowest BCUT2D eigenvalue weighted by molar-refractivity contribution is -0.138. The van der Waals surface area contributed by atoms with Crippen molar-refractivity contribution < 1.29 is 16.0 Å². The Hall–Kier alpha value is -0.210. The van der Waals surface area contributed by atoms with Crippen LogP contribution in [0.4, 0.5) is 13.2 Å². The van der Waals surface area contributed by atoms with Crippen LogP contribution in [0.15, 0.2) is 0 Å². The fourth-order valence-electron chi connectivity index (χ4n) is 4.07. The number of rotatable bonds is 3. The minimum absolute atomic E-state index is 0. The van der Waals surface area contributed by atoms with Crippen LogP contribution >= 0.6 is 0 Å². The first kappa shape index (κ1) is 15.2. The number of halogens is 3. The fourth-order valence-corrected chi connectivity index (χ4v) is 4.07. The minimum Gasteiger partial charge on any atom is -0.171 e. The predicted octanol–water partition coefficient (Wildman–Crippen LogP) is 6.45. The molecule has 0 aromatic heterocycles. The Kier molecular flexibility index (Phi) is 5.19. The van der Waals surface area contributed by atoms with Crippen molar-refractivity contribution in [3.8, 4) is 0 Å². The lowest BCUT2D eigenvalue weighted by Crippen LogP contribution is -2.25. The highest BCUT2D eigenvalue weighted by molar-refractivity contribution is 4.81. The van der Waals surface area contributed by atoms with Gasteiger partial charge in [-0.15, -0.1) is 0 Å². The molecule has 0 radical (unpaired) electrons. The molecule has 2 rings (SSSR count). The SMILES string of the molecule is CC1CCC(C2CCC(CCC(F)(F)F)CC2)CC1.[HH].[HH]. The molecule has 0 aliphatic heterocycles. The molecule has 116 valence electrons. The normalized spacial score (nSPS) is 37.3. The quantitative estimate of drug-likeness (QED) is 0.557. The molecule has 0 heterocycles. The highest BCUT2D eigenvalue weighted by atomic mass is 19.4. The largest absolute Gasteiger partial charge is 0.389 e. The molecule has 0 bridgehead atoms. The maximum Gasteiger partial charge on any atom is 0.389 e. The second kappa shape index (κ2) is 6.49. The van der Waals surface area contributed by atoms with Gasteiger partial charge in [0.1, 0.15) is 0 Å². The van der Waals surface area contributed by atoms with Crippen molar-refractivity contribution >= 4 is 0 Å². The van der Waals surface area contributed by atoms with Gasteiger partial charge >= 0.3 is 6.18 Å². The van der Waals surface area contributed by atoms with E-state index in [1.807, 2.05) is 0 Å². The third-order valence-electron chi connectivity index (χ3n) is 5.45. The van der Waals surface area contributed by atoms with Crippen molar-refractivity contribution in [2.75, 3.05) is 0 Å². The maximum atomic E-state index is 12.2. The van der Waals surface area contributed by atoms with Gasteiger partial charge in [-0.1, -0.05) is 32.6 Å². The molecule has 3 heteroatoms. The monoisotopic (exact) mass is 280 g/mol. The summed E-state index contributed by atoms with van der Waals surface area (Å²) in [7, 11) is 0. The van der Waals surface area contributed by atoms with Gasteiger partial charge in [0.05, 0.1) is 0 Å². The zero-order valence-electron chi connectivity index (χ0n) is 12.0.